The molecule has 1 aliphatic heterocycles. The van der Waals surface area contributed by atoms with Gasteiger partial charge in [0, 0.05) is 36.1 Å². The van der Waals surface area contributed by atoms with E-state index in [-0.39, 0.29) is 0 Å². The summed E-state index contributed by atoms with van der Waals surface area (Å²) in [5.41, 5.74) is 6.10. The molecule has 0 unspecified atom stereocenters. The Morgan fingerprint density at radius 3 is 2.61 bits per heavy atom. The molecule has 0 fully saturated rings. The number of anilines is 1. The standard InChI is InChI=1S/C20H21N3/c1-2-3-13-22-14-16-15-23(17-9-5-4-6-10-17)21-20(16)18-11-7-8-12-19(18)22/h4-12,15H,2-3,13-14H2,1H3. The first-order valence-electron chi connectivity index (χ1n) is 8.35. The summed E-state index contributed by atoms with van der Waals surface area (Å²) in [4.78, 5) is 2.48. The van der Waals surface area contributed by atoms with Crippen molar-refractivity contribution in [2.45, 2.75) is 26.3 Å². The number of hydrogen-bond acceptors (Lipinski definition) is 2. The highest BCUT2D eigenvalue weighted by atomic mass is 15.3. The molecule has 4 rings (SSSR count). The highest BCUT2D eigenvalue weighted by Gasteiger charge is 2.24. The lowest BCUT2D eigenvalue weighted by Gasteiger charge is -2.30. The van der Waals surface area contributed by atoms with E-state index in [0.29, 0.717) is 0 Å². The summed E-state index contributed by atoms with van der Waals surface area (Å²) >= 11 is 0. The van der Waals surface area contributed by atoms with Gasteiger partial charge in [-0.3, -0.25) is 0 Å². The summed E-state index contributed by atoms with van der Waals surface area (Å²) in [5, 5.41) is 4.87. The van der Waals surface area contributed by atoms with Crippen LogP contribution in [-0.2, 0) is 6.54 Å². The topological polar surface area (TPSA) is 21.1 Å². The largest absolute Gasteiger partial charge is 0.367 e. The minimum Gasteiger partial charge on any atom is -0.367 e. The second-order valence-electron chi connectivity index (χ2n) is 6.08. The van der Waals surface area contributed by atoms with Crippen molar-refractivity contribution in [2.75, 3.05) is 11.4 Å². The van der Waals surface area contributed by atoms with Crippen LogP contribution in [0.1, 0.15) is 25.3 Å². The van der Waals surface area contributed by atoms with E-state index in [1.54, 1.807) is 0 Å². The molecule has 116 valence electrons. The molecule has 2 aromatic carbocycles. The zero-order valence-electron chi connectivity index (χ0n) is 13.4. The van der Waals surface area contributed by atoms with Crippen molar-refractivity contribution in [2.24, 2.45) is 0 Å². The molecule has 0 N–H and O–H groups in total. The van der Waals surface area contributed by atoms with Gasteiger partial charge in [0.25, 0.3) is 0 Å². The smallest absolute Gasteiger partial charge is 0.0998 e. The lowest BCUT2D eigenvalue weighted by atomic mass is 10.00. The second kappa shape index (κ2) is 5.92. The molecule has 0 aliphatic carbocycles. The van der Waals surface area contributed by atoms with E-state index >= 15 is 0 Å². The molecule has 0 atom stereocenters. The van der Waals surface area contributed by atoms with Gasteiger partial charge in [-0.2, -0.15) is 5.10 Å². The van der Waals surface area contributed by atoms with Gasteiger partial charge in [-0.1, -0.05) is 49.7 Å². The molecule has 3 heteroatoms. The third kappa shape index (κ3) is 2.52. The monoisotopic (exact) mass is 303 g/mol. The van der Waals surface area contributed by atoms with Crippen molar-refractivity contribution in [3.63, 3.8) is 0 Å². The average molecular weight is 303 g/mol. The summed E-state index contributed by atoms with van der Waals surface area (Å²) in [6, 6.07) is 19.0. The summed E-state index contributed by atoms with van der Waals surface area (Å²) in [7, 11) is 0. The average Bonchev–Trinajstić information content (AvgIpc) is 3.05. The van der Waals surface area contributed by atoms with E-state index in [2.05, 4.69) is 66.6 Å². The van der Waals surface area contributed by atoms with Crippen molar-refractivity contribution in [3.05, 3.63) is 66.4 Å². The summed E-state index contributed by atoms with van der Waals surface area (Å²) < 4.78 is 2.00. The van der Waals surface area contributed by atoms with Crippen molar-refractivity contribution < 1.29 is 0 Å². The van der Waals surface area contributed by atoms with Crippen LogP contribution in [0.4, 0.5) is 5.69 Å². The highest BCUT2D eigenvalue weighted by molar-refractivity contribution is 5.81. The molecule has 0 bridgehead atoms. The Balaban J connectivity index is 1.78. The predicted molar refractivity (Wildman–Crippen MR) is 95.0 cm³/mol. The Bertz CT molecular complexity index is 805. The first-order valence-corrected chi connectivity index (χ1v) is 8.35. The number of unbranched alkanes of at least 4 members (excludes halogenated alkanes) is 1. The predicted octanol–water partition coefficient (Wildman–Crippen LogP) is 4.66. The van der Waals surface area contributed by atoms with E-state index in [4.69, 9.17) is 5.10 Å². The van der Waals surface area contributed by atoms with E-state index in [1.165, 1.54) is 29.7 Å². The van der Waals surface area contributed by atoms with Gasteiger partial charge in [0.15, 0.2) is 0 Å². The maximum absolute atomic E-state index is 4.87. The lowest BCUT2D eigenvalue weighted by Crippen LogP contribution is -2.27. The van der Waals surface area contributed by atoms with Crippen molar-refractivity contribution in [3.8, 4) is 16.9 Å². The van der Waals surface area contributed by atoms with Crippen LogP contribution in [-0.4, -0.2) is 16.3 Å². The Kier molecular flexibility index (Phi) is 3.62. The number of rotatable bonds is 4. The van der Waals surface area contributed by atoms with Crippen molar-refractivity contribution >= 4 is 5.69 Å². The fourth-order valence-electron chi connectivity index (χ4n) is 3.25. The Morgan fingerprint density at radius 1 is 1.00 bits per heavy atom. The van der Waals surface area contributed by atoms with E-state index in [0.717, 1.165) is 24.5 Å². The van der Waals surface area contributed by atoms with Crippen molar-refractivity contribution in [1.82, 2.24) is 9.78 Å². The quantitative estimate of drug-likeness (QED) is 0.699. The normalized spacial score (nSPS) is 12.8. The van der Waals surface area contributed by atoms with Crippen molar-refractivity contribution in [1.29, 1.82) is 0 Å². The summed E-state index contributed by atoms with van der Waals surface area (Å²) in [6.07, 6.45) is 4.62. The van der Waals surface area contributed by atoms with Gasteiger partial charge < -0.3 is 4.90 Å². The number of hydrogen-bond donors (Lipinski definition) is 0. The maximum atomic E-state index is 4.87. The molecular formula is C20H21N3. The third-order valence-corrected chi connectivity index (χ3v) is 4.45. The van der Waals surface area contributed by atoms with E-state index in [1.807, 2.05) is 10.7 Å². The third-order valence-electron chi connectivity index (χ3n) is 4.45. The van der Waals surface area contributed by atoms with Crippen LogP contribution in [0.15, 0.2) is 60.8 Å². The number of nitrogens with zero attached hydrogens (tertiary/aromatic N) is 3. The van der Waals surface area contributed by atoms with Gasteiger partial charge in [0.1, 0.15) is 0 Å². The van der Waals surface area contributed by atoms with Gasteiger partial charge in [-0.15, -0.1) is 0 Å². The molecule has 0 amide bonds. The highest BCUT2D eigenvalue weighted by Crippen LogP contribution is 2.38. The van der Waals surface area contributed by atoms with Gasteiger partial charge in [-0.25, -0.2) is 4.68 Å². The molecule has 1 aromatic heterocycles. The molecule has 0 spiro atoms. The summed E-state index contributed by atoms with van der Waals surface area (Å²) in [6.45, 7) is 4.29. The molecule has 3 aromatic rings. The van der Waals surface area contributed by atoms with E-state index in [9.17, 15) is 0 Å². The Hall–Kier alpha value is -2.55. The van der Waals surface area contributed by atoms with Crippen LogP contribution in [0.3, 0.4) is 0 Å². The van der Waals surface area contributed by atoms with E-state index < -0.39 is 0 Å². The summed E-state index contributed by atoms with van der Waals surface area (Å²) in [5.74, 6) is 0. The van der Waals surface area contributed by atoms with Crippen LogP contribution >= 0.6 is 0 Å². The van der Waals surface area contributed by atoms with Gasteiger partial charge >= 0.3 is 0 Å². The minimum absolute atomic E-state index is 0.944. The van der Waals surface area contributed by atoms with Gasteiger partial charge in [0.05, 0.1) is 11.4 Å². The van der Waals surface area contributed by atoms with Crippen LogP contribution in [0.5, 0.6) is 0 Å². The lowest BCUT2D eigenvalue weighted by molar-refractivity contribution is 0.712. The molecule has 0 radical (unpaired) electrons. The van der Waals surface area contributed by atoms with Crippen LogP contribution < -0.4 is 4.90 Å². The fraction of sp³-hybridized carbons (Fsp3) is 0.250. The molecule has 3 nitrogen and oxygen atoms in total. The molecular weight excluding hydrogens is 282 g/mol. The van der Waals surface area contributed by atoms with Crippen LogP contribution in [0.25, 0.3) is 16.9 Å². The minimum atomic E-state index is 0.944. The number of benzene rings is 2. The molecule has 0 saturated carbocycles. The Morgan fingerprint density at radius 2 is 1.78 bits per heavy atom. The SMILES string of the molecule is CCCCN1Cc2cn(-c3ccccc3)nc2-c2ccccc21. The molecule has 0 saturated heterocycles. The number of aromatic nitrogens is 2. The maximum Gasteiger partial charge on any atom is 0.0998 e. The van der Waals surface area contributed by atoms with Gasteiger partial charge in [-0.05, 0) is 24.6 Å². The zero-order valence-corrected chi connectivity index (χ0v) is 13.4. The number of para-hydroxylation sites is 2. The van der Waals surface area contributed by atoms with Gasteiger partial charge in [0.2, 0.25) is 0 Å². The Labute approximate surface area is 137 Å². The molecule has 1 aliphatic rings. The van der Waals surface area contributed by atoms with Crippen LogP contribution in [0, 0.1) is 0 Å². The first kappa shape index (κ1) is 14.1. The molecule has 2 heterocycles. The second-order valence-corrected chi connectivity index (χ2v) is 6.08. The van der Waals surface area contributed by atoms with Crippen LogP contribution in [0.2, 0.25) is 0 Å². The fourth-order valence-corrected chi connectivity index (χ4v) is 3.25. The first-order chi connectivity index (χ1) is 11.4. The number of fused-ring (bicyclic) bond motifs is 3. The zero-order chi connectivity index (χ0) is 15.6. The molecule has 23 heavy (non-hydrogen) atoms.